The Morgan fingerprint density at radius 3 is 2.59 bits per heavy atom. The first-order valence-corrected chi connectivity index (χ1v) is 12.6. The Morgan fingerprint density at radius 2 is 1.82 bits per heavy atom. The van der Waals surface area contributed by atoms with Gasteiger partial charge < -0.3 is 19.7 Å². The van der Waals surface area contributed by atoms with Crippen molar-refractivity contribution < 1.29 is 19.1 Å². The number of carbonyl (C=O) groups excluding carboxylic acids is 2. The number of rotatable bonds is 8. The molecule has 2 aliphatic rings. The maximum absolute atomic E-state index is 13.4. The largest absolute Gasteiger partial charge is 0.454 e. The van der Waals surface area contributed by atoms with Crippen LogP contribution in [0.3, 0.4) is 0 Å². The highest BCUT2D eigenvalue weighted by molar-refractivity contribution is 6.35. The van der Waals surface area contributed by atoms with Gasteiger partial charge in [-0.1, -0.05) is 54.6 Å². The highest BCUT2D eigenvalue weighted by Gasteiger charge is 2.28. The lowest BCUT2D eigenvalue weighted by atomic mass is 9.95. The number of halogens is 2. The van der Waals surface area contributed by atoms with Gasteiger partial charge in [-0.25, -0.2) is 0 Å². The van der Waals surface area contributed by atoms with Crippen LogP contribution in [0.2, 0.25) is 10.0 Å². The molecule has 1 heterocycles. The maximum atomic E-state index is 13.4. The number of amides is 2. The van der Waals surface area contributed by atoms with Gasteiger partial charge in [0, 0.05) is 29.1 Å². The minimum absolute atomic E-state index is 0.116. The molecule has 8 heteroatoms. The van der Waals surface area contributed by atoms with E-state index in [2.05, 4.69) is 5.32 Å². The molecule has 0 bridgehead atoms. The summed E-state index contributed by atoms with van der Waals surface area (Å²) in [7, 11) is 0. The van der Waals surface area contributed by atoms with Crippen molar-refractivity contribution in [2.24, 2.45) is 0 Å². The fourth-order valence-electron chi connectivity index (χ4n) is 4.48. The van der Waals surface area contributed by atoms with Crippen molar-refractivity contribution in [3.05, 3.63) is 57.6 Å². The number of ether oxygens (including phenoxy) is 2. The molecule has 6 nitrogen and oxygen atoms in total. The Balaban J connectivity index is 1.47. The zero-order valence-corrected chi connectivity index (χ0v) is 20.8. The summed E-state index contributed by atoms with van der Waals surface area (Å²) in [5.41, 5.74) is 1.72. The smallest absolute Gasteiger partial charge is 0.242 e. The Bertz CT molecular complexity index is 1040. The number of benzene rings is 2. The minimum Gasteiger partial charge on any atom is -0.454 e. The van der Waals surface area contributed by atoms with Gasteiger partial charge in [-0.3, -0.25) is 9.59 Å². The normalized spacial score (nSPS) is 16.2. The average Bonchev–Trinajstić information content (AvgIpc) is 3.30. The molecule has 1 atom stereocenters. The molecule has 4 rings (SSSR count). The fourth-order valence-corrected chi connectivity index (χ4v) is 4.94. The van der Waals surface area contributed by atoms with Gasteiger partial charge in [0.25, 0.3) is 0 Å². The Hall–Kier alpha value is -2.44. The number of nitrogens with one attached hydrogen (secondary N) is 1. The summed E-state index contributed by atoms with van der Waals surface area (Å²) in [6, 6.07) is 10.4. The van der Waals surface area contributed by atoms with E-state index in [1.807, 2.05) is 18.2 Å². The van der Waals surface area contributed by atoms with Crippen LogP contribution >= 0.6 is 23.2 Å². The monoisotopic (exact) mass is 504 g/mol. The van der Waals surface area contributed by atoms with Crippen LogP contribution in [0.25, 0.3) is 0 Å². The summed E-state index contributed by atoms with van der Waals surface area (Å²) in [5.74, 6) is 1.15. The first kappa shape index (κ1) is 24.7. The van der Waals surface area contributed by atoms with Crippen LogP contribution in [0, 0.1) is 0 Å². The molecule has 0 spiro atoms. The molecular formula is C26H30Cl2N2O4. The standard InChI is InChI=1S/C26H30Cl2N2O4/c1-17(26(32)29-21-5-3-2-4-6-21)30(15-19-9-10-20(27)14-22(19)28)25(31)12-8-18-7-11-23-24(13-18)34-16-33-23/h7,9-11,13-14,17,21H,2-6,8,12,15-16H2,1H3,(H,29,32)/t17-/m0/s1. The topological polar surface area (TPSA) is 67.9 Å². The number of carbonyl (C=O) groups is 2. The van der Waals surface area contributed by atoms with Gasteiger partial charge in [0.1, 0.15) is 6.04 Å². The SMILES string of the molecule is C[C@@H](C(=O)NC1CCCCC1)N(Cc1ccc(Cl)cc1Cl)C(=O)CCc1ccc2c(c1)OCO2. The van der Waals surface area contributed by atoms with Gasteiger partial charge in [0.2, 0.25) is 18.6 Å². The lowest BCUT2D eigenvalue weighted by Crippen LogP contribution is -2.50. The van der Waals surface area contributed by atoms with E-state index in [0.29, 0.717) is 28.0 Å². The van der Waals surface area contributed by atoms with Gasteiger partial charge in [-0.2, -0.15) is 0 Å². The van der Waals surface area contributed by atoms with Crippen LogP contribution in [-0.2, 0) is 22.6 Å². The quantitative estimate of drug-likeness (QED) is 0.513. The number of fused-ring (bicyclic) bond motifs is 1. The van der Waals surface area contributed by atoms with Crippen LogP contribution in [0.15, 0.2) is 36.4 Å². The third-order valence-electron chi connectivity index (χ3n) is 6.54. The van der Waals surface area contributed by atoms with E-state index in [9.17, 15) is 9.59 Å². The summed E-state index contributed by atoms with van der Waals surface area (Å²) in [5, 5.41) is 4.15. The number of aryl methyl sites for hydroxylation is 1. The molecule has 0 radical (unpaired) electrons. The summed E-state index contributed by atoms with van der Waals surface area (Å²) in [6.45, 7) is 2.22. The van der Waals surface area contributed by atoms with Gasteiger partial charge >= 0.3 is 0 Å². The molecule has 1 N–H and O–H groups in total. The number of hydrogen-bond donors (Lipinski definition) is 1. The lowest BCUT2D eigenvalue weighted by molar-refractivity contribution is -0.141. The highest BCUT2D eigenvalue weighted by Crippen LogP contribution is 2.33. The fraction of sp³-hybridized carbons (Fsp3) is 0.462. The van der Waals surface area contributed by atoms with Gasteiger partial charge in [0.05, 0.1) is 0 Å². The van der Waals surface area contributed by atoms with E-state index >= 15 is 0 Å². The van der Waals surface area contributed by atoms with E-state index in [-0.39, 0.29) is 37.6 Å². The van der Waals surface area contributed by atoms with E-state index in [1.54, 1.807) is 30.0 Å². The van der Waals surface area contributed by atoms with Gasteiger partial charge in [-0.05, 0) is 61.6 Å². The Kier molecular flexibility index (Phi) is 8.22. The van der Waals surface area contributed by atoms with Crippen LogP contribution in [0.1, 0.15) is 56.6 Å². The second-order valence-electron chi connectivity index (χ2n) is 8.96. The van der Waals surface area contributed by atoms with Gasteiger partial charge in [0.15, 0.2) is 11.5 Å². The van der Waals surface area contributed by atoms with Crippen molar-refractivity contribution >= 4 is 35.0 Å². The zero-order valence-electron chi connectivity index (χ0n) is 19.3. The summed E-state index contributed by atoms with van der Waals surface area (Å²) < 4.78 is 10.8. The first-order chi connectivity index (χ1) is 16.4. The summed E-state index contributed by atoms with van der Waals surface area (Å²) in [4.78, 5) is 28.1. The van der Waals surface area contributed by atoms with E-state index in [1.165, 1.54) is 6.42 Å². The average molecular weight is 505 g/mol. The van der Waals surface area contributed by atoms with Crippen molar-refractivity contribution in [1.29, 1.82) is 0 Å². The molecule has 1 saturated carbocycles. The predicted octanol–water partition coefficient (Wildman–Crippen LogP) is 5.52. The zero-order chi connectivity index (χ0) is 24.1. The van der Waals surface area contributed by atoms with Crippen LogP contribution in [0.5, 0.6) is 11.5 Å². The minimum atomic E-state index is -0.627. The van der Waals surface area contributed by atoms with E-state index < -0.39 is 6.04 Å². The molecular weight excluding hydrogens is 475 g/mol. The van der Waals surface area contributed by atoms with Crippen molar-refractivity contribution in [2.75, 3.05) is 6.79 Å². The predicted molar refractivity (Wildman–Crippen MR) is 132 cm³/mol. The van der Waals surface area contributed by atoms with Crippen molar-refractivity contribution in [3.63, 3.8) is 0 Å². The number of hydrogen-bond acceptors (Lipinski definition) is 4. The third kappa shape index (κ3) is 6.16. The molecule has 2 amide bonds. The van der Waals surface area contributed by atoms with Crippen LogP contribution in [0.4, 0.5) is 0 Å². The van der Waals surface area contributed by atoms with Crippen molar-refractivity contribution in [3.8, 4) is 11.5 Å². The van der Waals surface area contributed by atoms with Crippen LogP contribution < -0.4 is 14.8 Å². The Morgan fingerprint density at radius 1 is 1.06 bits per heavy atom. The summed E-state index contributed by atoms with van der Waals surface area (Å²) >= 11 is 12.4. The molecule has 2 aromatic carbocycles. The summed E-state index contributed by atoms with van der Waals surface area (Å²) in [6.07, 6.45) is 6.21. The third-order valence-corrected chi connectivity index (χ3v) is 7.13. The van der Waals surface area contributed by atoms with E-state index in [0.717, 1.165) is 36.8 Å². The highest BCUT2D eigenvalue weighted by atomic mass is 35.5. The number of nitrogens with zero attached hydrogens (tertiary/aromatic N) is 1. The van der Waals surface area contributed by atoms with Crippen molar-refractivity contribution in [2.45, 2.75) is 70.5 Å². The molecule has 1 aliphatic heterocycles. The maximum Gasteiger partial charge on any atom is 0.242 e. The molecule has 1 fully saturated rings. The molecule has 1 aliphatic carbocycles. The molecule has 2 aromatic rings. The van der Waals surface area contributed by atoms with Gasteiger partial charge in [-0.15, -0.1) is 0 Å². The van der Waals surface area contributed by atoms with Crippen molar-refractivity contribution in [1.82, 2.24) is 10.2 Å². The Labute approximate surface area is 210 Å². The molecule has 182 valence electrons. The second-order valence-corrected chi connectivity index (χ2v) is 9.81. The molecule has 0 unspecified atom stereocenters. The molecule has 34 heavy (non-hydrogen) atoms. The molecule has 0 aromatic heterocycles. The first-order valence-electron chi connectivity index (χ1n) is 11.8. The van der Waals surface area contributed by atoms with Crippen LogP contribution in [-0.4, -0.2) is 35.6 Å². The molecule has 0 saturated heterocycles. The van der Waals surface area contributed by atoms with E-state index in [4.69, 9.17) is 32.7 Å². The lowest BCUT2D eigenvalue weighted by Gasteiger charge is -2.31. The second kappa shape index (κ2) is 11.3.